The molecule has 2 aliphatic heterocycles. The van der Waals surface area contributed by atoms with E-state index in [-0.39, 0.29) is 44.5 Å². The van der Waals surface area contributed by atoms with Gasteiger partial charge < -0.3 is 90.1 Å². The summed E-state index contributed by atoms with van der Waals surface area (Å²) in [7, 11) is 0. The van der Waals surface area contributed by atoms with Crippen molar-refractivity contribution in [3.8, 4) is 69.0 Å². The van der Waals surface area contributed by atoms with Gasteiger partial charge in [0.1, 0.15) is 24.0 Å². The summed E-state index contributed by atoms with van der Waals surface area (Å²) in [5.74, 6) is -19.8. The van der Waals surface area contributed by atoms with Crippen LogP contribution in [0.3, 0.4) is 0 Å². The van der Waals surface area contributed by atoms with Gasteiger partial charge in [-0.25, -0.2) is 19.2 Å². The van der Waals surface area contributed by atoms with Crippen molar-refractivity contribution in [1.29, 1.82) is 0 Å². The Bertz CT molecular complexity index is 3440. The average Bonchev–Trinajstić information content (AvgIpc) is 4.13. The number of carbonyl (C=O) groups excluding carboxylic acids is 3. The summed E-state index contributed by atoms with van der Waals surface area (Å²) in [6.45, 7) is 0. The monoisotopic (exact) mass is 1080 g/mol. The number of aliphatic carboxylic acids is 3. The molecule has 2 heterocycles. The van der Waals surface area contributed by atoms with Gasteiger partial charge >= 0.3 is 35.8 Å². The van der Waals surface area contributed by atoms with Crippen LogP contribution >= 0.6 is 0 Å². The smallest absolute Gasteiger partial charge is 0.345 e. The van der Waals surface area contributed by atoms with Crippen molar-refractivity contribution in [3.05, 3.63) is 148 Å². The Hall–Kier alpha value is -10.5. The van der Waals surface area contributed by atoms with Gasteiger partial charge in [0.25, 0.3) is 0 Å². The van der Waals surface area contributed by atoms with Crippen molar-refractivity contribution in [1.82, 2.24) is 0 Å². The van der Waals surface area contributed by atoms with E-state index in [9.17, 15) is 95.2 Å². The Morgan fingerprint density at radius 3 is 1.24 bits per heavy atom. The minimum atomic E-state index is -2.26. The molecule has 0 saturated heterocycles. The number of rotatable bonds is 18. The summed E-state index contributed by atoms with van der Waals surface area (Å²) in [4.78, 5) is 80.7. The van der Waals surface area contributed by atoms with Crippen LogP contribution in [0.2, 0.25) is 0 Å². The summed E-state index contributed by atoms with van der Waals surface area (Å²) in [5.41, 5.74) is -0.754. The van der Waals surface area contributed by atoms with Crippen LogP contribution < -0.4 is 9.47 Å². The number of carboxylic acids is 3. The highest BCUT2D eigenvalue weighted by Crippen LogP contribution is 2.55. The number of phenolic OH excluding ortho intramolecular Hbond substituents is 10. The molecule has 78 heavy (non-hydrogen) atoms. The first-order chi connectivity index (χ1) is 37.0. The molecule has 0 unspecified atom stereocenters. The number of hydrogen-bond donors (Lipinski definition) is 13. The fourth-order valence-corrected chi connectivity index (χ4v) is 8.94. The number of carboxylic acid groups (broad SMARTS) is 3. The van der Waals surface area contributed by atoms with Crippen molar-refractivity contribution in [2.24, 2.45) is 0 Å². The number of fused-ring (bicyclic) bond motifs is 2. The number of ether oxygens (including phenoxy) is 5. The molecule has 6 aromatic rings. The molecule has 0 bridgehead atoms. The first-order valence-corrected chi connectivity index (χ1v) is 23.1. The zero-order valence-electron chi connectivity index (χ0n) is 39.9. The van der Waals surface area contributed by atoms with Crippen LogP contribution in [0, 0.1) is 0 Å². The molecular formula is C54H44O24. The molecule has 0 saturated carbocycles. The van der Waals surface area contributed by atoms with E-state index in [1.165, 1.54) is 24.3 Å². The Labute approximate surface area is 437 Å². The number of esters is 3. The normalized spacial score (nSPS) is 17.3. The first kappa shape index (κ1) is 53.8. The van der Waals surface area contributed by atoms with Gasteiger partial charge in [0.05, 0.1) is 0 Å². The maximum Gasteiger partial charge on any atom is 0.345 e. The SMILES string of the molecule is O=C(/C=C/c1ccc(O)c(O)c1)O[C@H](Cc1ccc(O)c2c1[C@@H](C(=O)O[C@H](Cc1ccc(O)c3c1[C@@H](C(=O)O[C@@H](Cc1ccc(O)c(O)c1)C(=O)O)[C@H](c1ccc(O)c(O)c1)O3)C(=O)O)[C@H](c1ccc(O)c(O)c1)O2)C(=O)O. The Balaban J connectivity index is 1.15. The topological polar surface area (TPSA) is 412 Å². The van der Waals surface area contributed by atoms with Crippen molar-refractivity contribution < 1.29 is 119 Å². The number of aromatic hydroxyl groups is 10. The molecule has 0 spiro atoms. The number of benzene rings is 6. The fourth-order valence-electron chi connectivity index (χ4n) is 8.94. The Kier molecular flexibility index (Phi) is 15.0. The number of phenols is 10. The van der Waals surface area contributed by atoms with Crippen LogP contribution in [-0.4, -0.2) is 121 Å². The maximum absolute atomic E-state index is 14.8. The van der Waals surface area contributed by atoms with Crippen molar-refractivity contribution in [2.45, 2.75) is 61.6 Å². The van der Waals surface area contributed by atoms with E-state index in [4.69, 9.17) is 23.7 Å². The zero-order valence-corrected chi connectivity index (χ0v) is 39.9. The average molecular weight is 1080 g/mol. The Morgan fingerprint density at radius 2 is 0.821 bits per heavy atom. The molecule has 0 radical (unpaired) electrons. The summed E-state index contributed by atoms with van der Waals surface area (Å²) in [5, 5.41) is 134. The second-order valence-corrected chi connectivity index (χ2v) is 17.8. The van der Waals surface area contributed by atoms with E-state index in [1.807, 2.05) is 0 Å². The van der Waals surface area contributed by atoms with Gasteiger partial charge in [-0.1, -0.05) is 36.4 Å². The summed E-state index contributed by atoms with van der Waals surface area (Å²) >= 11 is 0. The first-order valence-electron chi connectivity index (χ1n) is 23.1. The van der Waals surface area contributed by atoms with E-state index < -0.39 is 166 Å². The number of carbonyl (C=O) groups is 6. The molecule has 13 N–H and O–H groups in total. The second-order valence-electron chi connectivity index (χ2n) is 17.8. The fraction of sp³-hybridized carbons (Fsp3) is 0.185. The van der Waals surface area contributed by atoms with E-state index in [1.54, 1.807) is 0 Å². The molecule has 404 valence electrons. The van der Waals surface area contributed by atoms with Gasteiger partial charge in [-0.3, -0.25) is 9.59 Å². The molecular weight excluding hydrogens is 1030 g/mol. The lowest BCUT2D eigenvalue weighted by Crippen LogP contribution is -2.34. The van der Waals surface area contributed by atoms with Crippen LogP contribution in [0.25, 0.3) is 6.08 Å². The highest BCUT2D eigenvalue weighted by Gasteiger charge is 2.49. The Morgan fingerprint density at radius 1 is 0.436 bits per heavy atom. The van der Waals surface area contributed by atoms with Crippen molar-refractivity contribution >= 4 is 41.9 Å². The molecule has 7 atom stereocenters. The highest BCUT2D eigenvalue weighted by molar-refractivity contribution is 5.90. The van der Waals surface area contributed by atoms with Gasteiger partial charge in [-0.15, -0.1) is 0 Å². The van der Waals surface area contributed by atoms with E-state index in [0.717, 1.165) is 84.9 Å². The second kappa shape index (κ2) is 21.7. The number of hydrogen-bond acceptors (Lipinski definition) is 21. The predicted octanol–water partition coefficient (Wildman–Crippen LogP) is 4.91. The maximum atomic E-state index is 14.8. The van der Waals surface area contributed by atoms with E-state index in [0.29, 0.717) is 0 Å². The highest BCUT2D eigenvalue weighted by atomic mass is 16.6. The van der Waals surface area contributed by atoms with Crippen LogP contribution in [0.4, 0.5) is 0 Å². The molecule has 24 heteroatoms. The van der Waals surface area contributed by atoms with Crippen LogP contribution in [0.1, 0.15) is 68.6 Å². The van der Waals surface area contributed by atoms with Crippen molar-refractivity contribution in [2.75, 3.05) is 0 Å². The lowest BCUT2D eigenvalue weighted by molar-refractivity contribution is -0.166. The quantitative estimate of drug-likeness (QED) is 0.0235. The lowest BCUT2D eigenvalue weighted by Gasteiger charge is -2.24. The summed E-state index contributed by atoms with van der Waals surface area (Å²) in [6, 6.07) is 17.7. The summed E-state index contributed by atoms with van der Waals surface area (Å²) in [6.07, 6.45) is -9.75. The third-order valence-corrected chi connectivity index (χ3v) is 12.7. The molecule has 0 fully saturated rings. The third-order valence-electron chi connectivity index (χ3n) is 12.7. The van der Waals surface area contributed by atoms with E-state index in [2.05, 4.69) is 0 Å². The lowest BCUT2D eigenvalue weighted by atomic mass is 9.85. The van der Waals surface area contributed by atoms with Gasteiger partial charge in [0, 0.05) is 36.5 Å². The molecule has 2 aliphatic rings. The molecule has 6 aromatic carbocycles. The van der Waals surface area contributed by atoms with Crippen LogP contribution in [-0.2, 0) is 62.2 Å². The van der Waals surface area contributed by atoms with Gasteiger partial charge in [0.2, 0.25) is 18.3 Å². The standard InChI is InChI=1S/C54H44O24/c55-28-8-1-22(15-34(28)61)3-14-41(65)74-39(51(68)69)20-24-4-12-32(59)48-42(24)45(47(78-48)27-7-11-31(58)37(64)19-27)54(73)76-40(52(70)71)21-25-5-13-33(60)49-43(25)44(46(77-49)26-6-10-30(57)36(63)18-26)53(72)75-38(50(66)67)17-23-2-9-29(56)35(62)16-23/h1-16,18-19,38-40,44-47,55-64H,17,20-21H2,(H,66,67)(H,68,69)(H,70,71)/b14-3+/t38-,39+,40+,44+,45+,46-,47-/m0/s1. The molecule has 24 nitrogen and oxygen atoms in total. The minimum absolute atomic E-state index is 0.0535. The van der Waals surface area contributed by atoms with Crippen molar-refractivity contribution in [3.63, 3.8) is 0 Å². The van der Waals surface area contributed by atoms with Crippen LogP contribution in [0.15, 0.2) is 103 Å². The predicted molar refractivity (Wildman–Crippen MR) is 260 cm³/mol. The van der Waals surface area contributed by atoms with E-state index >= 15 is 0 Å². The molecule has 8 rings (SSSR count). The minimum Gasteiger partial charge on any atom is -0.504 e. The van der Waals surface area contributed by atoms with Gasteiger partial charge in [-0.05, 0) is 100 Å². The molecule has 0 aliphatic carbocycles. The largest absolute Gasteiger partial charge is 0.504 e. The molecule has 0 aromatic heterocycles. The zero-order chi connectivity index (χ0) is 56.4. The summed E-state index contributed by atoms with van der Waals surface area (Å²) < 4.78 is 28.6. The molecule has 0 amide bonds. The van der Waals surface area contributed by atoms with Gasteiger partial charge in [0.15, 0.2) is 69.0 Å². The van der Waals surface area contributed by atoms with Gasteiger partial charge in [-0.2, -0.15) is 0 Å². The third kappa shape index (κ3) is 11.1. The van der Waals surface area contributed by atoms with Crippen LogP contribution in [0.5, 0.6) is 69.0 Å².